The molecule has 2 atom stereocenters. The molecular formula is C9H15BrN2OS2. The molecule has 0 aliphatic carbocycles. The number of aromatic nitrogens is 1. The summed E-state index contributed by atoms with van der Waals surface area (Å²) in [6.07, 6.45) is 1.80. The quantitative estimate of drug-likeness (QED) is 0.873. The fraction of sp³-hybridized carbons (Fsp3) is 0.667. The lowest BCUT2D eigenvalue weighted by Gasteiger charge is -2.25. The van der Waals surface area contributed by atoms with Crippen molar-refractivity contribution in [1.82, 2.24) is 9.71 Å². The zero-order valence-corrected chi connectivity index (χ0v) is 12.4. The molecule has 1 N–H and O–H groups in total. The first kappa shape index (κ1) is 13.4. The Balaban J connectivity index is 2.60. The molecule has 0 aliphatic heterocycles. The van der Waals surface area contributed by atoms with Gasteiger partial charge >= 0.3 is 0 Å². The highest BCUT2D eigenvalue weighted by atomic mass is 79.9. The van der Waals surface area contributed by atoms with E-state index in [1.54, 1.807) is 17.5 Å². The highest BCUT2D eigenvalue weighted by Crippen LogP contribution is 2.26. The minimum atomic E-state index is -1.05. The van der Waals surface area contributed by atoms with E-state index in [1.807, 2.05) is 27.7 Å². The van der Waals surface area contributed by atoms with E-state index < -0.39 is 11.4 Å². The molecular weight excluding hydrogens is 296 g/mol. The lowest BCUT2D eigenvalue weighted by Crippen LogP contribution is -2.40. The first-order valence-electron chi connectivity index (χ1n) is 4.60. The summed E-state index contributed by atoms with van der Waals surface area (Å²) < 4.78 is 15.5. The summed E-state index contributed by atoms with van der Waals surface area (Å²) in [7, 11) is 0. The van der Waals surface area contributed by atoms with Crippen LogP contribution in [0.25, 0.3) is 0 Å². The van der Waals surface area contributed by atoms with Crippen molar-refractivity contribution >= 4 is 38.6 Å². The molecule has 0 saturated carbocycles. The third-order valence-electron chi connectivity index (χ3n) is 1.76. The number of halogens is 1. The van der Waals surface area contributed by atoms with E-state index in [0.29, 0.717) is 0 Å². The van der Waals surface area contributed by atoms with Gasteiger partial charge < -0.3 is 4.55 Å². The van der Waals surface area contributed by atoms with Crippen LogP contribution in [-0.4, -0.2) is 14.3 Å². The van der Waals surface area contributed by atoms with Crippen molar-refractivity contribution in [3.8, 4) is 0 Å². The Morgan fingerprint density at radius 3 is 2.60 bits per heavy atom. The molecule has 1 aromatic heterocycles. The molecule has 15 heavy (non-hydrogen) atoms. The first-order chi connectivity index (χ1) is 6.80. The van der Waals surface area contributed by atoms with Crippen molar-refractivity contribution in [3.05, 3.63) is 15.0 Å². The van der Waals surface area contributed by atoms with Crippen LogP contribution in [0.1, 0.15) is 38.6 Å². The third-order valence-corrected chi connectivity index (χ3v) is 5.10. The average molecular weight is 311 g/mol. The van der Waals surface area contributed by atoms with Crippen molar-refractivity contribution in [3.63, 3.8) is 0 Å². The van der Waals surface area contributed by atoms with Gasteiger partial charge in [-0.15, -0.1) is 16.1 Å². The predicted octanol–water partition coefficient (Wildman–Crippen LogP) is 3.02. The van der Waals surface area contributed by atoms with E-state index in [2.05, 4.69) is 25.6 Å². The van der Waals surface area contributed by atoms with Gasteiger partial charge in [-0.1, -0.05) is 0 Å². The Labute approximate surface area is 106 Å². The van der Waals surface area contributed by atoms with Gasteiger partial charge in [-0.05, 0) is 43.6 Å². The average Bonchev–Trinajstić information content (AvgIpc) is 2.50. The highest BCUT2D eigenvalue weighted by molar-refractivity contribution is 9.11. The topological polar surface area (TPSA) is 48.0 Å². The summed E-state index contributed by atoms with van der Waals surface area (Å²) in [5.41, 5.74) is 0. The van der Waals surface area contributed by atoms with Gasteiger partial charge in [-0.2, -0.15) is 0 Å². The van der Waals surface area contributed by atoms with Crippen LogP contribution in [-0.2, 0) is 11.4 Å². The van der Waals surface area contributed by atoms with Crippen LogP contribution in [0.2, 0.25) is 0 Å². The largest absolute Gasteiger partial charge is 0.598 e. The Hall–Kier alpha value is 0.380. The zero-order chi connectivity index (χ0) is 11.6. The van der Waals surface area contributed by atoms with Crippen LogP contribution in [0.4, 0.5) is 0 Å². The molecule has 0 fully saturated rings. The van der Waals surface area contributed by atoms with Gasteiger partial charge in [0.05, 0.1) is 6.04 Å². The predicted molar refractivity (Wildman–Crippen MR) is 69.3 cm³/mol. The van der Waals surface area contributed by atoms with Crippen LogP contribution in [0.3, 0.4) is 0 Å². The molecule has 86 valence electrons. The first-order valence-corrected chi connectivity index (χ1v) is 7.36. The van der Waals surface area contributed by atoms with E-state index in [-0.39, 0.29) is 10.8 Å². The van der Waals surface area contributed by atoms with Gasteiger partial charge in [0.1, 0.15) is 4.75 Å². The second-order valence-electron chi connectivity index (χ2n) is 4.24. The summed E-state index contributed by atoms with van der Waals surface area (Å²) in [6.45, 7) is 7.84. The molecule has 6 heteroatoms. The number of rotatable bonds is 3. The van der Waals surface area contributed by atoms with Crippen molar-refractivity contribution in [2.45, 2.75) is 38.5 Å². The molecule has 0 amide bonds. The number of nitrogens with one attached hydrogen (secondary N) is 1. The molecule has 0 aromatic carbocycles. The van der Waals surface area contributed by atoms with Gasteiger partial charge in [0.2, 0.25) is 0 Å². The summed E-state index contributed by atoms with van der Waals surface area (Å²) in [4.78, 5) is 5.19. The van der Waals surface area contributed by atoms with E-state index in [4.69, 9.17) is 0 Å². The zero-order valence-electron chi connectivity index (χ0n) is 9.20. The molecule has 0 unspecified atom stereocenters. The third kappa shape index (κ3) is 4.03. The van der Waals surface area contributed by atoms with E-state index in [0.717, 1.165) is 8.79 Å². The standard InChI is InChI=1S/C9H15BrN2OS2/c1-6(7-5-11-8(10)14-7)12-15(13)9(2,3)4/h5-6,12H,1-4H3/t6-,15-/m0/s1. The second-order valence-corrected chi connectivity index (χ2v) is 8.57. The van der Waals surface area contributed by atoms with Crippen LogP contribution in [0.5, 0.6) is 0 Å². The van der Waals surface area contributed by atoms with Gasteiger partial charge in [0, 0.05) is 22.4 Å². The molecule has 1 heterocycles. The number of nitrogens with zero attached hydrogens (tertiary/aromatic N) is 1. The molecule has 0 radical (unpaired) electrons. The van der Waals surface area contributed by atoms with Gasteiger partial charge in [0.25, 0.3) is 0 Å². The monoisotopic (exact) mass is 310 g/mol. The fourth-order valence-electron chi connectivity index (χ4n) is 0.860. The molecule has 0 saturated heterocycles. The number of hydrogen-bond acceptors (Lipinski definition) is 4. The number of hydrogen-bond donors (Lipinski definition) is 1. The van der Waals surface area contributed by atoms with E-state index in [1.165, 1.54) is 0 Å². The van der Waals surface area contributed by atoms with Crippen molar-refractivity contribution in [1.29, 1.82) is 0 Å². The smallest absolute Gasteiger partial charge is 0.159 e. The van der Waals surface area contributed by atoms with Gasteiger partial charge in [0.15, 0.2) is 3.92 Å². The number of thiazole rings is 1. The Bertz CT molecular complexity index is 324. The molecule has 0 aliphatic rings. The molecule has 0 spiro atoms. The van der Waals surface area contributed by atoms with Crippen molar-refractivity contribution < 1.29 is 4.55 Å². The van der Waals surface area contributed by atoms with E-state index >= 15 is 0 Å². The summed E-state index contributed by atoms with van der Waals surface area (Å²) in [5.74, 6) is 0. The lowest BCUT2D eigenvalue weighted by molar-refractivity contribution is 0.532. The Morgan fingerprint density at radius 1 is 1.60 bits per heavy atom. The molecule has 1 aromatic rings. The summed E-state index contributed by atoms with van der Waals surface area (Å²) >= 11 is 3.82. The summed E-state index contributed by atoms with van der Waals surface area (Å²) in [5, 5.41) is 0. The molecule has 1 rings (SSSR count). The minimum Gasteiger partial charge on any atom is -0.598 e. The van der Waals surface area contributed by atoms with Crippen molar-refractivity contribution in [2.24, 2.45) is 0 Å². The van der Waals surface area contributed by atoms with Crippen LogP contribution < -0.4 is 4.72 Å². The van der Waals surface area contributed by atoms with Crippen LogP contribution in [0, 0.1) is 0 Å². The second kappa shape index (κ2) is 5.14. The van der Waals surface area contributed by atoms with Crippen LogP contribution >= 0.6 is 27.3 Å². The summed E-state index contributed by atoms with van der Waals surface area (Å²) in [6, 6.07) is 0.0638. The maximum atomic E-state index is 11.8. The van der Waals surface area contributed by atoms with Gasteiger partial charge in [-0.3, -0.25) is 0 Å². The maximum Gasteiger partial charge on any atom is 0.159 e. The maximum absolute atomic E-state index is 11.8. The fourth-order valence-corrected chi connectivity index (χ4v) is 3.04. The van der Waals surface area contributed by atoms with Crippen LogP contribution in [0.15, 0.2) is 10.1 Å². The van der Waals surface area contributed by atoms with E-state index in [9.17, 15) is 4.55 Å². The molecule has 3 nitrogen and oxygen atoms in total. The Morgan fingerprint density at radius 2 is 2.20 bits per heavy atom. The van der Waals surface area contributed by atoms with Gasteiger partial charge in [-0.25, -0.2) is 4.98 Å². The normalized spacial score (nSPS) is 16.4. The lowest BCUT2D eigenvalue weighted by atomic mass is 10.3. The Kier molecular flexibility index (Phi) is 4.61. The highest BCUT2D eigenvalue weighted by Gasteiger charge is 2.28. The SMILES string of the molecule is C[C@H](N[S@@+]([O-])C(C)(C)C)c1cnc(Br)s1. The minimum absolute atomic E-state index is 0.0638. The van der Waals surface area contributed by atoms with Crippen molar-refractivity contribution in [2.75, 3.05) is 0 Å². The molecule has 0 bridgehead atoms.